The van der Waals surface area contributed by atoms with E-state index in [9.17, 15) is 0 Å². The number of rotatable bonds is 7. The Hall–Kier alpha value is -0.770. The molecule has 0 fully saturated rings. The third-order valence-corrected chi connectivity index (χ3v) is 3.63. The molecule has 0 saturated heterocycles. The Morgan fingerprint density at radius 2 is 1.95 bits per heavy atom. The molecule has 0 amide bonds. The molecule has 2 N–H and O–H groups in total. The van der Waals surface area contributed by atoms with Gasteiger partial charge in [0.05, 0.1) is 11.6 Å². The van der Waals surface area contributed by atoms with Crippen LogP contribution in [-0.4, -0.2) is 26.4 Å². The Balaban J connectivity index is 2.66. The highest BCUT2D eigenvalue weighted by atomic mass is 35.5. The van der Waals surface area contributed by atoms with Gasteiger partial charge in [0.15, 0.2) is 0 Å². The molecular weight excluding hydrogens is 274 g/mol. The maximum Gasteiger partial charge on any atom is 0.138 e. The van der Waals surface area contributed by atoms with Crippen LogP contribution in [-0.2, 0) is 11.2 Å². The Morgan fingerprint density at radius 3 is 2.55 bits per heavy atom. The predicted octanol–water partition coefficient (Wildman–Crippen LogP) is 3.67. The molecule has 0 aliphatic carbocycles. The van der Waals surface area contributed by atoms with Crippen molar-refractivity contribution in [2.45, 2.75) is 39.7 Å². The largest absolute Gasteiger partial charge is 0.492 e. The molecule has 4 heteroatoms. The minimum atomic E-state index is 0.0825. The van der Waals surface area contributed by atoms with Crippen molar-refractivity contribution in [1.82, 2.24) is 0 Å². The standard InChI is InChI=1S/C16H26ClNO2/c1-16(2,3)15(18)11-12-6-7-13(17)14(10-12)20-9-5-8-19-4/h6-7,10,15H,5,8-9,11,18H2,1-4H3/t15-/m1/s1. The van der Waals surface area contributed by atoms with Gasteiger partial charge in [0.1, 0.15) is 5.75 Å². The van der Waals surface area contributed by atoms with Crippen LogP contribution in [0.15, 0.2) is 18.2 Å². The molecule has 0 aliphatic rings. The fourth-order valence-corrected chi connectivity index (χ4v) is 1.90. The summed E-state index contributed by atoms with van der Waals surface area (Å²) in [6.45, 7) is 7.73. The number of methoxy groups -OCH3 is 1. The van der Waals surface area contributed by atoms with Crippen molar-refractivity contribution < 1.29 is 9.47 Å². The zero-order chi connectivity index (χ0) is 15.2. The SMILES string of the molecule is COCCCOc1cc(C[C@@H](N)C(C)(C)C)ccc1Cl. The molecule has 20 heavy (non-hydrogen) atoms. The second-order valence-corrected chi connectivity index (χ2v) is 6.54. The van der Waals surface area contributed by atoms with Gasteiger partial charge in [0.2, 0.25) is 0 Å². The lowest BCUT2D eigenvalue weighted by Gasteiger charge is -2.27. The van der Waals surface area contributed by atoms with E-state index in [0.717, 1.165) is 24.2 Å². The Labute approximate surface area is 127 Å². The molecule has 0 aliphatic heterocycles. The Morgan fingerprint density at radius 1 is 1.25 bits per heavy atom. The van der Waals surface area contributed by atoms with Gasteiger partial charge in [-0.3, -0.25) is 0 Å². The first kappa shape index (κ1) is 17.3. The van der Waals surface area contributed by atoms with Crippen LogP contribution in [0.2, 0.25) is 5.02 Å². The molecule has 1 rings (SSSR count). The van der Waals surface area contributed by atoms with E-state index < -0.39 is 0 Å². The maximum atomic E-state index is 6.22. The second kappa shape index (κ2) is 7.87. The third-order valence-electron chi connectivity index (χ3n) is 3.31. The van der Waals surface area contributed by atoms with E-state index in [-0.39, 0.29) is 11.5 Å². The Bertz CT molecular complexity index is 415. The van der Waals surface area contributed by atoms with Crippen LogP contribution in [0.1, 0.15) is 32.8 Å². The monoisotopic (exact) mass is 299 g/mol. The van der Waals surface area contributed by atoms with Crippen LogP contribution in [0.3, 0.4) is 0 Å². The summed E-state index contributed by atoms with van der Waals surface area (Å²) in [6.07, 6.45) is 1.66. The highest BCUT2D eigenvalue weighted by Crippen LogP contribution is 2.28. The molecule has 0 unspecified atom stereocenters. The summed E-state index contributed by atoms with van der Waals surface area (Å²) in [5.74, 6) is 0.723. The van der Waals surface area contributed by atoms with Gasteiger partial charge < -0.3 is 15.2 Å². The highest BCUT2D eigenvalue weighted by Gasteiger charge is 2.21. The lowest BCUT2D eigenvalue weighted by Crippen LogP contribution is -2.36. The van der Waals surface area contributed by atoms with E-state index in [1.807, 2.05) is 18.2 Å². The number of hydrogen-bond acceptors (Lipinski definition) is 3. The van der Waals surface area contributed by atoms with Crippen LogP contribution in [0, 0.1) is 5.41 Å². The average Bonchev–Trinajstić information content (AvgIpc) is 2.37. The lowest BCUT2D eigenvalue weighted by atomic mass is 9.84. The lowest BCUT2D eigenvalue weighted by molar-refractivity contribution is 0.172. The van der Waals surface area contributed by atoms with Crippen molar-refractivity contribution in [2.75, 3.05) is 20.3 Å². The van der Waals surface area contributed by atoms with Gasteiger partial charge in [-0.05, 0) is 29.5 Å². The molecule has 0 radical (unpaired) electrons. The van der Waals surface area contributed by atoms with Crippen molar-refractivity contribution >= 4 is 11.6 Å². The van der Waals surface area contributed by atoms with Crippen molar-refractivity contribution in [3.05, 3.63) is 28.8 Å². The highest BCUT2D eigenvalue weighted by molar-refractivity contribution is 6.32. The van der Waals surface area contributed by atoms with Gasteiger partial charge in [-0.25, -0.2) is 0 Å². The molecular formula is C16H26ClNO2. The van der Waals surface area contributed by atoms with E-state index in [1.54, 1.807) is 7.11 Å². The second-order valence-electron chi connectivity index (χ2n) is 6.14. The maximum absolute atomic E-state index is 6.22. The predicted molar refractivity (Wildman–Crippen MR) is 84.6 cm³/mol. The number of hydrogen-bond donors (Lipinski definition) is 1. The summed E-state index contributed by atoms with van der Waals surface area (Å²) in [5.41, 5.74) is 7.45. The van der Waals surface area contributed by atoms with Crippen molar-refractivity contribution in [1.29, 1.82) is 0 Å². The normalized spacial score (nSPS) is 13.3. The topological polar surface area (TPSA) is 44.5 Å². The summed E-state index contributed by atoms with van der Waals surface area (Å²) >= 11 is 6.15. The molecule has 3 nitrogen and oxygen atoms in total. The number of benzene rings is 1. The number of nitrogens with two attached hydrogens (primary N) is 1. The summed E-state index contributed by atoms with van der Waals surface area (Å²) < 4.78 is 10.7. The van der Waals surface area contributed by atoms with Crippen LogP contribution < -0.4 is 10.5 Å². The molecule has 1 atom stereocenters. The molecule has 0 spiro atoms. The zero-order valence-electron chi connectivity index (χ0n) is 12.9. The van der Waals surface area contributed by atoms with Gasteiger partial charge in [0, 0.05) is 26.2 Å². The molecule has 114 valence electrons. The van der Waals surface area contributed by atoms with Crippen LogP contribution in [0.5, 0.6) is 5.75 Å². The molecule has 0 aromatic heterocycles. The molecule has 0 bridgehead atoms. The smallest absolute Gasteiger partial charge is 0.138 e. The van der Waals surface area contributed by atoms with Crippen LogP contribution in [0.25, 0.3) is 0 Å². The number of ether oxygens (including phenoxy) is 2. The minimum absolute atomic E-state index is 0.0825. The van der Waals surface area contributed by atoms with Gasteiger partial charge in [-0.1, -0.05) is 38.4 Å². The number of halogens is 1. The summed E-state index contributed by atoms with van der Waals surface area (Å²) in [7, 11) is 1.68. The molecule has 1 aromatic carbocycles. The first-order valence-electron chi connectivity index (χ1n) is 7.00. The van der Waals surface area contributed by atoms with E-state index in [1.165, 1.54) is 0 Å². The van der Waals surface area contributed by atoms with E-state index in [2.05, 4.69) is 20.8 Å². The van der Waals surface area contributed by atoms with Crippen molar-refractivity contribution in [2.24, 2.45) is 11.1 Å². The van der Waals surface area contributed by atoms with Crippen LogP contribution >= 0.6 is 11.6 Å². The molecule has 0 saturated carbocycles. The Kier molecular flexibility index (Phi) is 6.80. The van der Waals surface area contributed by atoms with E-state index in [0.29, 0.717) is 18.2 Å². The van der Waals surface area contributed by atoms with Crippen molar-refractivity contribution in [3.8, 4) is 5.75 Å². The fraction of sp³-hybridized carbons (Fsp3) is 0.625. The van der Waals surface area contributed by atoms with Crippen LogP contribution in [0.4, 0.5) is 0 Å². The van der Waals surface area contributed by atoms with E-state index in [4.69, 9.17) is 26.8 Å². The summed E-state index contributed by atoms with van der Waals surface area (Å²) in [6, 6.07) is 5.97. The van der Waals surface area contributed by atoms with Crippen molar-refractivity contribution in [3.63, 3.8) is 0 Å². The summed E-state index contributed by atoms with van der Waals surface area (Å²) in [4.78, 5) is 0. The quantitative estimate of drug-likeness (QED) is 0.781. The minimum Gasteiger partial charge on any atom is -0.492 e. The first-order valence-corrected chi connectivity index (χ1v) is 7.38. The third kappa shape index (κ3) is 5.70. The molecule has 1 aromatic rings. The van der Waals surface area contributed by atoms with Gasteiger partial charge in [-0.15, -0.1) is 0 Å². The average molecular weight is 300 g/mol. The first-order chi connectivity index (χ1) is 9.34. The zero-order valence-corrected chi connectivity index (χ0v) is 13.7. The van der Waals surface area contributed by atoms with Gasteiger partial charge in [-0.2, -0.15) is 0 Å². The van der Waals surface area contributed by atoms with E-state index >= 15 is 0 Å². The fourth-order valence-electron chi connectivity index (χ4n) is 1.73. The van der Waals surface area contributed by atoms with Gasteiger partial charge in [0.25, 0.3) is 0 Å². The summed E-state index contributed by atoms with van der Waals surface area (Å²) in [5, 5.41) is 0.635. The molecule has 0 heterocycles. The van der Waals surface area contributed by atoms with Gasteiger partial charge >= 0.3 is 0 Å².